The van der Waals surface area contributed by atoms with Gasteiger partial charge in [-0.15, -0.1) is 0 Å². The first-order valence-corrected chi connectivity index (χ1v) is 7.24. The van der Waals surface area contributed by atoms with Crippen molar-refractivity contribution in [3.05, 3.63) is 35.6 Å². The fourth-order valence-electron chi connectivity index (χ4n) is 2.42. The van der Waals surface area contributed by atoms with Gasteiger partial charge < -0.3 is 10.1 Å². The van der Waals surface area contributed by atoms with Crippen molar-refractivity contribution >= 4 is 5.97 Å². The maximum absolute atomic E-state index is 13.0. The zero-order valence-corrected chi connectivity index (χ0v) is 12.8. The van der Waals surface area contributed by atoms with Crippen LogP contribution in [0.5, 0.6) is 0 Å². The smallest absolute Gasteiger partial charge is 0.328 e. The van der Waals surface area contributed by atoms with Crippen LogP contribution in [-0.2, 0) is 16.0 Å². The van der Waals surface area contributed by atoms with Crippen molar-refractivity contribution in [3.8, 4) is 0 Å². The van der Waals surface area contributed by atoms with Crippen molar-refractivity contribution in [1.82, 2.24) is 10.6 Å². The quantitative estimate of drug-likeness (QED) is 0.832. The van der Waals surface area contributed by atoms with Gasteiger partial charge in [0.2, 0.25) is 0 Å². The Labute approximate surface area is 125 Å². The third-order valence-corrected chi connectivity index (χ3v) is 3.40. The van der Waals surface area contributed by atoms with E-state index < -0.39 is 11.1 Å². The molecule has 1 saturated heterocycles. The van der Waals surface area contributed by atoms with Gasteiger partial charge in [-0.3, -0.25) is 5.32 Å². The highest BCUT2D eigenvalue weighted by Crippen LogP contribution is 2.20. The predicted octanol–water partition coefficient (Wildman–Crippen LogP) is 1.64. The molecule has 1 aromatic carbocycles. The van der Waals surface area contributed by atoms with Gasteiger partial charge in [0.05, 0.1) is 0 Å². The molecule has 1 heterocycles. The normalized spacial score (nSPS) is 22.9. The number of esters is 1. The van der Waals surface area contributed by atoms with Crippen molar-refractivity contribution in [2.24, 2.45) is 0 Å². The Balaban J connectivity index is 2.20. The van der Waals surface area contributed by atoms with Crippen LogP contribution in [-0.4, -0.2) is 36.7 Å². The minimum Gasteiger partial charge on any atom is -0.459 e. The van der Waals surface area contributed by atoms with Crippen molar-refractivity contribution in [2.75, 3.05) is 19.6 Å². The first-order valence-electron chi connectivity index (χ1n) is 7.24. The summed E-state index contributed by atoms with van der Waals surface area (Å²) in [6.45, 7) is 7.57. The molecule has 1 aromatic rings. The maximum Gasteiger partial charge on any atom is 0.328 e. The number of nitrogens with one attached hydrogen (secondary N) is 2. The molecule has 0 aromatic heterocycles. The first-order chi connectivity index (χ1) is 9.81. The lowest BCUT2D eigenvalue weighted by Crippen LogP contribution is -2.66. The fourth-order valence-corrected chi connectivity index (χ4v) is 2.42. The van der Waals surface area contributed by atoms with Crippen LogP contribution >= 0.6 is 0 Å². The molecule has 0 saturated carbocycles. The number of piperazine rings is 1. The molecule has 5 heteroatoms. The molecule has 0 radical (unpaired) electrons. The predicted molar refractivity (Wildman–Crippen MR) is 79.6 cm³/mol. The van der Waals surface area contributed by atoms with Gasteiger partial charge in [0.25, 0.3) is 0 Å². The Hall–Kier alpha value is -1.46. The van der Waals surface area contributed by atoms with Gasteiger partial charge in [-0.1, -0.05) is 12.1 Å². The number of halogens is 1. The van der Waals surface area contributed by atoms with E-state index in [0.717, 1.165) is 12.1 Å². The number of hydrogen-bond donors (Lipinski definition) is 2. The third-order valence-electron chi connectivity index (χ3n) is 3.40. The molecule has 0 aliphatic carbocycles. The summed E-state index contributed by atoms with van der Waals surface area (Å²) in [5.41, 5.74) is -0.437. The molecular weight excluding hydrogens is 271 g/mol. The van der Waals surface area contributed by atoms with Crippen LogP contribution in [0.1, 0.15) is 26.3 Å². The van der Waals surface area contributed by atoms with Gasteiger partial charge in [-0.2, -0.15) is 0 Å². The Morgan fingerprint density at radius 1 is 1.29 bits per heavy atom. The van der Waals surface area contributed by atoms with Crippen molar-refractivity contribution in [1.29, 1.82) is 0 Å². The molecule has 1 aliphatic heterocycles. The van der Waals surface area contributed by atoms with Gasteiger partial charge in [0.15, 0.2) is 0 Å². The van der Waals surface area contributed by atoms with Crippen LogP contribution in [0.2, 0.25) is 0 Å². The third kappa shape index (κ3) is 4.25. The van der Waals surface area contributed by atoms with E-state index in [1.165, 1.54) is 12.1 Å². The van der Waals surface area contributed by atoms with Crippen LogP contribution in [0.3, 0.4) is 0 Å². The molecule has 2 rings (SSSR count). The summed E-state index contributed by atoms with van der Waals surface area (Å²) in [5.74, 6) is -0.550. The lowest BCUT2D eigenvalue weighted by Gasteiger charge is -2.38. The van der Waals surface area contributed by atoms with Crippen LogP contribution in [0, 0.1) is 5.82 Å². The summed E-state index contributed by atoms with van der Waals surface area (Å²) >= 11 is 0. The number of benzene rings is 1. The van der Waals surface area contributed by atoms with E-state index in [2.05, 4.69) is 10.6 Å². The Morgan fingerprint density at radius 2 is 1.95 bits per heavy atom. The number of hydrogen-bond acceptors (Lipinski definition) is 4. The molecule has 1 aliphatic rings. The summed E-state index contributed by atoms with van der Waals surface area (Å²) < 4.78 is 18.6. The average Bonchev–Trinajstić information content (AvgIpc) is 2.41. The van der Waals surface area contributed by atoms with Crippen LogP contribution in [0.4, 0.5) is 4.39 Å². The minimum absolute atomic E-state index is 0.272. The molecule has 1 unspecified atom stereocenters. The number of carbonyl (C=O) groups is 1. The van der Waals surface area contributed by atoms with Gasteiger partial charge in [-0.05, 0) is 38.5 Å². The zero-order chi connectivity index (χ0) is 15.5. The largest absolute Gasteiger partial charge is 0.459 e. The Bertz CT molecular complexity index is 488. The Morgan fingerprint density at radius 3 is 2.48 bits per heavy atom. The van der Waals surface area contributed by atoms with E-state index in [0.29, 0.717) is 19.5 Å². The monoisotopic (exact) mass is 294 g/mol. The van der Waals surface area contributed by atoms with Crippen molar-refractivity contribution < 1.29 is 13.9 Å². The number of ether oxygens (including phenoxy) is 1. The highest BCUT2D eigenvalue weighted by Gasteiger charge is 2.42. The lowest BCUT2D eigenvalue weighted by atomic mass is 9.89. The second-order valence-corrected chi connectivity index (χ2v) is 6.49. The van der Waals surface area contributed by atoms with Gasteiger partial charge in [-0.25, -0.2) is 9.18 Å². The molecule has 0 bridgehead atoms. The summed E-state index contributed by atoms with van der Waals surface area (Å²) in [6, 6.07) is 6.23. The van der Waals surface area contributed by atoms with Gasteiger partial charge >= 0.3 is 5.97 Å². The van der Waals surface area contributed by atoms with E-state index in [-0.39, 0.29) is 11.8 Å². The number of rotatable bonds is 3. The molecule has 2 N–H and O–H groups in total. The highest BCUT2D eigenvalue weighted by atomic mass is 19.1. The minimum atomic E-state index is -0.802. The highest BCUT2D eigenvalue weighted by molar-refractivity contribution is 5.82. The van der Waals surface area contributed by atoms with Crippen LogP contribution in [0.25, 0.3) is 0 Å². The lowest BCUT2D eigenvalue weighted by molar-refractivity contribution is -0.163. The molecule has 21 heavy (non-hydrogen) atoms. The van der Waals surface area contributed by atoms with E-state index in [1.54, 1.807) is 12.1 Å². The zero-order valence-electron chi connectivity index (χ0n) is 12.8. The van der Waals surface area contributed by atoms with E-state index in [4.69, 9.17) is 4.74 Å². The number of carbonyl (C=O) groups excluding carboxylic acids is 1. The molecule has 0 amide bonds. The molecule has 116 valence electrons. The summed E-state index contributed by atoms with van der Waals surface area (Å²) in [5, 5.41) is 6.52. The molecule has 1 atom stereocenters. The summed E-state index contributed by atoms with van der Waals surface area (Å²) in [4.78, 5) is 12.6. The molecular formula is C16H23FN2O2. The van der Waals surface area contributed by atoms with Gasteiger partial charge in [0, 0.05) is 26.1 Å². The fraction of sp³-hybridized carbons (Fsp3) is 0.562. The standard InChI is InChI=1S/C16H23FN2O2/c1-15(2,3)21-14(20)16(11-18-8-9-19-16)10-12-4-6-13(17)7-5-12/h4-7,18-19H,8-11H2,1-3H3. The second kappa shape index (κ2) is 6.12. The second-order valence-electron chi connectivity index (χ2n) is 6.49. The summed E-state index contributed by atoms with van der Waals surface area (Å²) in [6.07, 6.45) is 0.467. The van der Waals surface area contributed by atoms with E-state index >= 15 is 0 Å². The van der Waals surface area contributed by atoms with E-state index in [9.17, 15) is 9.18 Å². The van der Waals surface area contributed by atoms with Crippen molar-refractivity contribution in [2.45, 2.75) is 38.3 Å². The van der Waals surface area contributed by atoms with Gasteiger partial charge in [0.1, 0.15) is 17.0 Å². The van der Waals surface area contributed by atoms with Crippen LogP contribution in [0.15, 0.2) is 24.3 Å². The van der Waals surface area contributed by atoms with Crippen molar-refractivity contribution in [3.63, 3.8) is 0 Å². The molecule has 0 spiro atoms. The average molecular weight is 294 g/mol. The summed E-state index contributed by atoms with van der Waals surface area (Å²) in [7, 11) is 0. The molecule has 1 fully saturated rings. The first kappa shape index (κ1) is 15.9. The maximum atomic E-state index is 13.0. The SMILES string of the molecule is CC(C)(C)OC(=O)C1(Cc2ccc(F)cc2)CNCCN1. The van der Waals surface area contributed by atoms with Crippen LogP contribution < -0.4 is 10.6 Å². The Kier molecular flexibility index (Phi) is 4.64. The molecule has 4 nitrogen and oxygen atoms in total. The topological polar surface area (TPSA) is 50.4 Å². The van der Waals surface area contributed by atoms with E-state index in [1.807, 2.05) is 20.8 Å².